The van der Waals surface area contributed by atoms with Crippen molar-refractivity contribution < 1.29 is 4.39 Å². The second-order valence-corrected chi connectivity index (χ2v) is 4.21. The largest absolute Gasteiger partial charge is 0.381 e. The first-order valence-electron chi connectivity index (χ1n) is 5.50. The van der Waals surface area contributed by atoms with Crippen molar-refractivity contribution in [1.82, 2.24) is 0 Å². The van der Waals surface area contributed by atoms with Crippen molar-refractivity contribution in [2.24, 2.45) is 5.92 Å². The number of halogens is 1. The molecular weight excluding hydrogens is 191 g/mol. The lowest BCUT2D eigenvalue weighted by Gasteiger charge is -2.32. The zero-order chi connectivity index (χ0) is 10.8. The van der Waals surface area contributed by atoms with Crippen molar-refractivity contribution in [3.8, 4) is 0 Å². The lowest BCUT2D eigenvalue weighted by atomic mass is 9.97. The molecule has 3 heteroatoms. The Labute approximate surface area is 89.9 Å². The minimum absolute atomic E-state index is 0.190. The van der Waals surface area contributed by atoms with Gasteiger partial charge in [-0.1, -0.05) is 20.3 Å². The third-order valence-electron chi connectivity index (χ3n) is 3.17. The van der Waals surface area contributed by atoms with Crippen LogP contribution in [-0.2, 0) is 0 Å². The number of benzene rings is 1. The average molecular weight is 208 g/mol. The molecule has 0 spiro atoms. The fourth-order valence-corrected chi connectivity index (χ4v) is 1.89. The number of hydrogen-bond acceptors (Lipinski definition) is 2. The SMILES string of the molecule is CCC(C)C1CNc2cc(F)ccc2N1. The van der Waals surface area contributed by atoms with Crippen molar-refractivity contribution in [2.75, 3.05) is 17.2 Å². The quantitative estimate of drug-likeness (QED) is 0.780. The van der Waals surface area contributed by atoms with Crippen LogP contribution in [0.3, 0.4) is 0 Å². The molecule has 2 N–H and O–H groups in total. The molecule has 0 fully saturated rings. The molecule has 82 valence electrons. The first-order chi connectivity index (χ1) is 7.20. The summed E-state index contributed by atoms with van der Waals surface area (Å²) in [5.74, 6) is 0.431. The van der Waals surface area contributed by atoms with Gasteiger partial charge in [-0.3, -0.25) is 0 Å². The highest BCUT2D eigenvalue weighted by atomic mass is 19.1. The van der Waals surface area contributed by atoms with Crippen LogP contribution in [0.15, 0.2) is 18.2 Å². The maximum atomic E-state index is 12.9. The van der Waals surface area contributed by atoms with Gasteiger partial charge in [-0.25, -0.2) is 4.39 Å². The summed E-state index contributed by atoms with van der Waals surface area (Å²) in [6, 6.07) is 5.27. The Hall–Kier alpha value is -1.25. The third-order valence-corrected chi connectivity index (χ3v) is 3.17. The Morgan fingerprint density at radius 2 is 2.27 bits per heavy atom. The van der Waals surface area contributed by atoms with Gasteiger partial charge in [0.1, 0.15) is 5.82 Å². The summed E-state index contributed by atoms with van der Waals surface area (Å²) in [7, 11) is 0. The molecular formula is C12H17FN2. The summed E-state index contributed by atoms with van der Waals surface area (Å²) in [5.41, 5.74) is 1.88. The lowest BCUT2D eigenvalue weighted by Crippen LogP contribution is -2.37. The third kappa shape index (κ3) is 2.06. The highest BCUT2D eigenvalue weighted by molar-refractivity contribution is 5.71. The summed E-state index contributed by atoms with van der Waals surface area (Å²) >= 11 is 0. The lowest BCUT2D eigenvalue weighted by molar-refractivity contribution is 0.477. The number of hydrogen-bond donors (Lipinski definition) is 2. The van der Waals surface area contributed by atoms with Gasteiger partial charge < -0.3 is 10.6 Å². The van der Waals surface area contributed by atoms with Gasteiger partial charge in [0, 0.05) is 12.6 Å². The predicted octanol–water partition coefficient (Wildman–Crippen LogP) is 3.08. The molecule has 2 rings (SSSR count). The van der Waals surface area contributed by atoms with Gasteiger partial charge in [0.05, 0.1) is 11.4 Å². The Balaban J connectivity index is 2.16. The van der Waals surface area contributed by atoms with Gasteiger partial charge in [0.2, 0.25) is 0 Å². The highest BCUT2D eigenvalue weighted by Crippen LogP contribution is 2.29. The topological polar surface area (TPSA) is 24.1 Å². The smallest absolute Gasteiger partial charge is 0.125 e. The molecule has 2 nitrogen and oxygen atoms in total. The van der Waals surface area contributed by atoms with Crippen LogP contribution in [0.25, 0.3) is 0 Å². The van der Waals surface area contributed by atoms with E-state index < -0.39 is 0 Å². The first kappa shape index (κ1) is 10.3. The monoisotopic (exact) mass is 208 g/mol. The van der Waals surface area contributed by atoms with E-state index in [1.807, 2.05) is 0 Å². The normalized spacial score (nSPS) is 21.1. The Bertz CT molecular complexity index is 351. The first-order valence-corrected chi connectivity index (χ1v) is 5.50. The van der Waals surface area contributed by atoms with Crippen LogP contribution in [0.5, 0.6) is 0 Å². The minimum Gasteiger partial charge on any atom is -0.381 e. The number of anilines is 2. The van der Waals surface area contributed by atoms with E-state index in [-0.39, 0.29) is 5.82 Å². The maximum Gasteiger partial charge on any atom is 0.125 e. The van der Waals surface area contributed by atoms with E-state index in [1.165, 1.54) is 12.1 Å². The number of rotatable bonds is 2. The van der Waals surface area contributed by atoms with E-state index in [0.29, 0.717) is 12.0 Å². The molecule has 1 aliphatic heterocycles. The van der Waals surface area contributed by atoms with Crippen LogP contribution in [0.1, 0.15) is 20.3 Å². The van der Waals surface area contributed by atoms with Crippen molar-refractivity contribution in [1.29, 1.82) is 0 Å². The molecule has 15 heavy (non-hydrogen) atoms. The van der Waals surface area contributed by atoms with Crippen molar-refractivity contribution in [2.45, 2.75) is 26.3 Å². The van der Waals surface area contributed by atoms with Gasteiger partial charge in [-0.05, 0) is 24.1 Å². The summed E-state index contributed by atoms with van der Waals surface area (Å²) in [6.07, 6.45) is 1.15. The Morgan fingerprint density at radius 3 is 3.00 bits per heavy atom. The fourth-order valence-electron chi connectivity index (χ4n) is 1.89. The van der Waals surface area contributed by atoms with Crippen LogP contribution in [0.2, 0.25) is 0 Å². The second-order valence-electron chi connectivity index (χ2n) is 4.21. The minimum atomic E-state index is -0.190. The summed E-state index contributed by atoms with van der Waals surface area (Å²) in [4.78, 5) is 0. The molecule has 1 heterocycles. The van der Waals surface area contributed by atoms with Crippen LogP contribution >= 0.6 is 0 Å². The molecule has 0 radical (unpaired) electrons. The van der Waals surface area contributed by atoms with Crippen molar-refractivity contribution in [3.63, 3.8) is 0 Å². The second kappa shape index (κ2) is 4.09. The average Bonchev–Trinajstić information content (AvgIpc) is 2.27. The molecule has 0 aromatic heterocycles. The molecule has 0 aliphatic carbocycles. The van der Waals surface area contributed by atoms with Crippen molar-refractivity contribution in [3.05, 3.63) is 24.0 Å². The Kier molecular flexibility index (Phi) is 2.80. The van der Waals surface area contributed by atoms with Gasteiger partial charge in [0.25, 0.3) is 0 Å². The van der Waals surface area contributed by atoms with E-state index in [0.717, 1.165) is 24.3 Å². The molecule has 1 aromatic carbocycles. The predicted molar refractivity (Wildman–Crippen MR) is 61.8 cm³/mol. The standard InChI is InChI=1S/C12H17FN2/c1-3-8(2)12-7-14-11-6-9(13)4-5-10(11)15-12/h4-6,8,12,14-15H,3,7H2,1-2H3. The van der Waals surface area contributed by atoms with Crippen LogP contribution in [0.4, 0.5) is 15.8 Å². The molecule has 1 aromatic rings. The van der Waals surface area contributed by atoms with Gasteiger partial charge >= 0.3 is 0 Å². The van der Waals surface area contributed by atoms with Gasteiger partial charge in [-0.2, -0.15) is 0 Å². The summed E-state index contributed by atoms with van der Waals surface area (Å²) < 4.78 is 12.9. The van der Waals surface area contributed by atoms with E-state index in [1.54, 1.807) is 6.07 Å². The number of nitrogens with one attached hydrogen (secondary N) is 2. The molecule has 0 saturated heterocycles. The van der Waals surface area contributed by atoms with Crippen LogP contribution in [-0.4, -0.2) is 12.6 Å². The zero-order valence-corrected chi connectivity index (χ0v) is 9.18. The summed E-state index contributed by atoms with van der Waals surface area (Å²) in [6.45, 7) is 5.28. The van der Waals surface area contributed by atoms with Crippen molar-refractivity contribution >= 4 is 11.4 Å². The highest BCUT2D eigenvalue weighted by Gasteiger charge is 2.21. The van der Waals surface area contributed by atoms with E-state index in [4.69, 9.17) is 0 Å². The van der Waals surface area contributed by atoms with E-state index in [2.05, 4.69) is 24.5 Å². The summed E-state index contributed by atoms with van der Waals surface area (Å²) in [5, 5.41) is 6.71. The van der Waals surface area contributed by atoms with Gasteiger partial charge in [0.15, 0.2) is 0 Å². The van der Waals surface area contributed by atoms with E-state index in [9.17, 15) is 4.39 Å². The van der Waals surface area contributed by atoms with Crippen LogP contribution < -0.4 is 10.6 Å². The number of fused-ring (bicyclic) bond motifs is 1. The van der Waals surface area contributed by atoms with Gasteiger partial charge in [-0.15, -0.1) is 0 Å². The molecule has 1 aliphatic rings. The van der Waals surface area contributed by atoms with E-state index >= 15 is 0 Å². The Morgan fingerprint density at radius 1 is 1.47 bits per heavy atom. The molecule has 2 unspecified atom stereocenters. The molecule has 0 amide bonds. The zero-order valence-electron chi connectivity index (χ0n) is 9.18. The molecule has 0 saturated carbocycles. The maximum absolute atomic E-state index is 12.9. The van der Waals surface area contributed by atoms with Crippen LogP contribution in [0, 0.1) is 11.7 Å². The molecule has 2 atom stereocenters. The molecule has 0 bridgehead atoms. The fraction of sp³-hybridized carbons (Fsp3) is 0.500.